The second kappa shape index (κ2) is 8.54. The molecule has 0 saturated carbocycles. The molecule has 1 aromatic carbocycles. The average Bonchev–Trinajstić information content (AvgIpc) is 3.13. The molecule has 33 heavy (non-hydrogen) atoms. The highest BCUT2D eigenvalue weighted by molar-refractivity contribution is 7.18. The van der Waals surface area contributed by atoms with Gasteiger partial charge in [-0.3, -0.25) is 19.7 Å². The molecule has 0 bridgehead atoms. The number of anilines is 1. The molecule has 11 heteroatoms. The van der Waals surface area contributed by atoms with E-state index in [0.29, 0.717) is 21.9 Å². The molecule has 2 aromatic heterocycles. The number of carbonyl (C=O) groups excluding carboxylic acids is 1. The number of nitro groups is 1. The number of benzene rings is 1. The summed E-state index contributed by atoms with van der Waals surface area (Å²) in [5, 5.41) is 22.5. The summed E-state index contributed by atoms with van der Waals surface area (Å²) in [5.74, 6) is 0.207. The number of aryl methyl sites for hydroxylation is 1. The van der Waals surface area contributed by atoms with Crippen LogP contribution < -0.4 is 15.6 Å². The molecule has 1 N–H and O–H groups in total. The number of thiophene rings is 1. The molecule has 0 unspecified atom stereocenters. The van der Waals surface area contributed by atoms with E-state index < -0.39 is 17.4 Å². The predicted molar refractivity (Wildman–Crippen MR) is 125 cm³/mol. The lowest BCUT2D eigenvalue weighted by Gasteiger charge is -2.33. The number of nitrogens with zero attached hydrogens (tertiary/aromatic N) is 4. The first kappa shape index (κ1) is 22.8. The Morgan fingerprint density at radius 2 is 2.15 bits per heavy atom. The minimum Gasteiger partial charge on any atom is -0.496 e. The van der Waals surface area contributed by atoms with Crippen LogP contribution >= 0.6 is 11.3 Å². The van der Waals surface area contributed by atoms with Crippen LogP contribution in [0.5, 0.6) is 5.75 Å². The summed E-state index contributed by atoms with van der Waals surface area (Å²) < 4.78 is 6.01. The lowest BCUT2D eigenvalue weighted by atomic mass is 9.72. The van der Waals surface area contributed by atoms with Crippen LogP contribution in [0.3, 0.4) is 0 Å². The lowest BCUT2D eigenvalue weighted by Crippen LogP contribution is -2.31. The van der Waals surface area contributed by atoms with Gasteiger partial charge in [0.1, 0.15) is 18.0 Å². The first-order valence-electron chi connectivity index (χ1n) is 10.6. The molecule has 0 fully saturated rings. The van der Waals surface area contributed by atoms with Crippen LogP contribution in [0.1, 0.15) is 37.6 Å². The van der Waals surface area contributed by atoms with Crippen molar-refractivity contribution in [1.82, 2.24) is 15.0 Å². The Hall–Kier alpha value is -3.34. The maximum Gasteiger partial charge on any atom is 0.296 e. The Kier molecular flexibility index (Phi) is 5.91. The number of hydrogen-bond donors (Lipinski definition) is 1. The molecule has 0 aliphatic heterocycles. The smallest absolute Gasteiger partial charge is 0.296 e. The quantitative estimate of drug-likeness (QED) is 0.445. The highest BCUT2D eigenvalue weighted by atomic mass is 32.1. The van der Waals surface area contributed by atoms with Crippen LogP contribution in [0, 0.1) is 21.4 Å². The number of fused-ring (bicyclic) bond motifs is 3. The van der Waals surface area contributed by atoms with Gasteiger partial charge in [-0.15, -0.1) is 16.4 Å². The molecule has 4 rings (SSSR count). The van der Waals surface area contributed by atoms with E-state index in [1.807, 2.05) is 0 Å². The van der Waals surface area contributed by atoms with Crippen LogP contribution in [-0.2, 0) is 24.2 Å². The van der Waals surface area contributed by atoms with Gasteiger partial charge in [-0.25, -0.2) is 4.68 Å². The number of nitro benzene ring substituents is 1. The summed E-state index contributed by atoms with van der Waals surface area (Å²) >= 11 is 1.50. The van der Waals surface area contributed by atoms with Gasteiger partial charge >= 0.3 is 0 Å². The molecular formula is C22H25N5O5S. The van der Waals surface area contributed by atoms with Crippen molar-refractivity contribution >= 4 is 38.8 Å². The van der Waals surface area contributed by atoms with Gasteiger partial charge in [-0.1, -0.05) is 26.0 Å². The fourth-order valence-electron chi connectivity index (χ4n) is 4.19. The van der Waals surface area contributed by atoms with Crippen molar-refractivity contribution < 1.29 is 14.5 Å². The molecular weight excluding hydrogens is 446 g/mol. The van der Waals surface area contributed by atoms with Crippen LogP contribution in [0.25, 0.3) is 10.2 Å². The van der Waals surface area contributed by atoms with E-state index in [2.05, 4.69) is 36.4 Å². The second-order valence-corrected chi connectivity index (χ2v) is 10.3. The van der Waals surface area contributed by atoms with Gasteiger partial charge in [0, 0.05) is 4.88 Å². The lowest BCUT2D eigenvalue weighted by molar-refractivity contribution is -0.384. The Balaban J connectivity index is 1.59. The molecule has 1 aliphatic rings. The zero-order valence-electron chi connectivity index (χ0n) is 18.9. The van der Waals surface area contributed by atoms with Crippen LogP contribution in [0.2, 0.25) is 0 Å². The van der Waals surface area contributed by atoms with Gasteiger partial charge in [0.15, 0.2) is 4.83 Å². The normalized spacial score (nSPS) is 15.8. The van der Waals surface area contributed by atoms with Gasteiger partial charge in [0.2, 0.25) is 5.91 Å². The summed E-state index contributed by atoms with van der Waals surface area (Å²) in [6.07, 6.45) is 2.69. The van der Waals surface area contributed by atoms with E-state index in [4.69, 9.17) is 4.74 Å². The van der Waals surface area contributed by atoms with Gasteiger partial charge in [0.05, 0.1) is 23.5 Å². The fourth-order valence-corrected chi connectivity index (χ4v) is 5.43. The molecule has 3 aromatic rings. The first-order valence-corrected chi connectivity index (χ1v) is 11.4. The number of nitrogens with one attached hydrogen (secondary N) is 1. The molecule has 0 spiro atoms. The predicted octanol–water partition coefficient (Wildman–Crippen LogP) is 3.56. The molecule has 1 atom stereocenters. The topological polar surface area (TPSA) is 129 Å². The molecule has 10 nitrogen and oxygen atoms in total. The largest absolute Gasteiger partial charge is 0.496 e. The number of amides is 1. The summed E-state index contributed by atoms with van der Waals surface area (Å²) in [4.78, 5) is 38.2. The third kappa shape index (κ3) is 4.45. The fraction of sp³-hybridized carbons (Fsp3) is 0.455. The highest BCUT2D eigenvalue weighted by Crippen LogP contribution is 2.41. The minimum atomic E-state index is -0.615. The van der Waals surface area contributed by atoms with Crippen molar-refractivity contribution in [1.29, 1.82) is 0 Å². The van der Waals surface area contributed by atoms with Gasteiger partial charge in [0.25, 0.3) is 11.2 Å². The molecule has 0 radical (unpaired) electrons. The van der Waals surface area contributed by atoms with Crippen molar-refractivity contribution in [2.45, 2.75) is 46.6 Å². The third-order valence-corrected chi connectivity index (χ3v) is 7.27. The third-order valence-electron chi connectivity index (χ3n) is 6.13. The zero-order valence-corrected chi connectivity index (χ0v) is 19.7. The maximum atomic E-state index is 13.1. The van der Waals surface area contributed by atoms with Crippen molar-refractivity contribution in [2.75, 3.05) is 12.4 Å². The molecule has 0 saturated heterocycles. The minimum absolute atomic E-state index is 0.00835. The summed E-state index contributed by atoms with van der Waals surface area (Å²) in [5.41, 5.74) is 0.523. The average molecular weight is 472 g/mol. The van der Waals surface area contributed by atoms with E-state index in [1.54, 1.807) is 0 Å². The first-order chi connectivity index (χ1) is 15.6. The van der Waals surface area contributed by atoms with E-state index in [9.17, 15) is 19.7 Å². The molecule has 2 heterocycles. The van der Waals surface area contributed by atoms with Crippen LogP contribution in [0.4, 0.5) is 11.4 Å². The zero-order chi connectivity index (χ0) is 23.9. The summed E-state index contributed by atoms with van der Waals surface area (Å²) in [7, 11) is 1.39. The Labute approximate surface area is 193 Å². The molecule has 1 aliphatic carbocycles. The molecule has 1 amide bonds. The Morgan fingerprint density at radius 1 is 1.39 bits per heavy atom. The number of rotatable bonds is 5. The van der Waals surface area contributed by atoms with E-state index in [1.165, 1.54) is 41.5 Å². The van der Waals surface area contributed by atoms with E-state index in [0.717, 1.165) is 29.5 Å². The van der Waals surface area contributed by atoms with Crippen molar-refractivity contribution in [3.63, 3.8) is 0 Å². The van der Waals surface area contributed by atoms with Crippen molar-refractivity contribution in [2.24, 2.45) is 11.3 Å². The standard InChI is InChI=1S/C22H25N5O5S/c1-22(2,3)12-5-7-14-17(9-12)33-20-19(14)21(29)26(25-24-20)11-18(28)23-15-8-6-13(32-4)10-16(15)27(30)31/h6,8,10,12H,5,7,9,11H2,1-4H3,(H,23,28)/t12-/m1/s1. The Morgan fingerprint density at radius 3 is 2.82 bits per heavy atom. The number of aromatic nitrogens is 3. The van der Waals surface area contributed by atoms with E-state index in [-0.39, 0.29) is 22.3 Å². The van der Waals surface area contributed by atoms with Crippen molar-refractivity contribution in [3.05, 3.63) is 49.1 Å². The van der Waals surface area contributed by atoms with Gasteiger partial charge in [-0.05, 0) is 48.3 Å². The molecule has 174 valence electrons. The number of hydrogen-bond acceptors (Lipinski definition) is 8. The van der Waals surface area contributed by atoms with Crippen LogP contribution in [-0.4, -0.2) is 32.9 Å². The van der Waals surface area contributed by atoms with Gasteiger partial charge in [-0.2, -0.15) is 0 Å². The summed E-state index contributed by atoms with van der Waals surface area (Å²) in [6, 6.07) is 4.10. The number of carbonyl (C=O) groups is 1. The monoisotopic (exact) mass is 471 g/mol. The van der Waals surface area contributed by atoms with Crippen LogP contribution in [0.15, 0.2) is 23.0 Å². The SMILES string of the molecule is COc1ccc(NC(=O)Cn2nnc3sc4c(c3c2=O)CC[C@@H](C(C)(C)C)C4)c([N+](=O)[O-])c1. The second-order valence-electron chi connectivity index (χ2n) is 9.23. The van der Waals surface area contributed by atoms with Crippen molar-refractivity contribution in [3.8, 4) is 5.75 Å². The highest BCUT2D eigenvalue weighted by Gasteiger charge is 2.32. The maximum absolute atomic E-state index is 13.1. The Bertz CT molecular complexity index is 1310. The van der Waals surface area contributed by atoms with Gasteiger partial charge < -0.3 is 10.1 Å². The van der Waals surface area contributed by atoms with E-state index >= 15 is 0 Å². The number of methoxy groups -OCH3 is 1. The number of ether oxygens (including phenoxy) is 1. The summed E-state index contributed by atoms with van der Waals surface area (Å²) in [6.45, 7) is 6.29.